The monoisotopic (exact) mass is 439 g/mol. The Labute approximate surface area is 161 Å². The quantitative estimate of drug-likeness (QED) is 0.288. The molecule has 144 valence electrons. The Bertz CT molecular complexity index is 1500. The van der Waals surface area contributed by atoms with E-state index < -0.39 is 25.9 Å². The van der Waals surface area contributed by atoms with Crippen LogP contribution in [0.3, 0.4) is 0 Å². The van der Waals surface area contributed by atoms with Crippen LogP contribution in [0, 0.1) is 0 Å². The Balaban J connectivity index is 1.71. The maximum absolute atomic E-state index is 12.5. The van der Waals surface area contributed by atoms with Gasteiger partial charge >= 0.3 is 15.7 Å². The highest BCUT2D eigenvalue weighted by molar-refractivity contribution is 7.87. The number of fused-ring (bicyclic) bond motifs is 2. The lowest BCUT2D eigenvalue weighted by atomic mass is 10.2. The Morgan fingerprint density at radius 3 is 2.46 bits per heavy atom. The van der Waals surface area contributed by atoms with Crippen LogP contribution in [0.1, 0.15) is 0 Å². The van der Waals surface area contributed by atoms with Crippen LogP contribution in [0.4, 0.5) is 0 Å². The summed E-state index contributed by atoms with van der Waals surface area (Å²) >= 11 is 0.895. The number of nitrogens with zero attached hydrogens (tertiary/aromatic N) is 1. The topological polar surface area (TPSA) is 141 Å². The molecular weight excluding hydrogens is 430 g/mol. The Morgan fingerprint density at radius 2 is 1.71 bits per heavy atom. The molecule has 2 aromatic carbocycles. The molecule has 0 amide bonds. The Hall–Kier alpha value is -2.80. The fourth-order valence-corrected chi connectivity index (χ4v) is 4.84. The molecule has 0 saturated carbocycles. The third-order valence-corrected chi connectivity index (χ3v) is 6.78. The lowest BCUT2D eigenvalue weighted by molar-refractivity contribution is 0.481. The van der Waals surface area contributed by atoms with E-state index >= 15 is 0 Å². The van der Waals surface area contributed by atoms with E-state index in [-0.39, 0.29) is 26.1 Å². The van der Waals surface area contributed by atoms with Crippen molar-refractivity contribution >= 4 is 52.8 Å². The molecule has 9 nitrogen and oxygen atoms in total. The largest absolute Gasteiger partial charge is 0.423 e. The third-order valence-electron chi connectivity index (χ3n) is 3.70. The minimum absolute atomic E-state index is 0.158. The maximum Gasteiger partial charge on any atom is 0.341 e. The van der Waals surface area contributed by atoms with Crippen molar-refractivity contribution in [2.75, 3.05) is 0 Å². The molecule has 4 rings (SSSR count). The zero-order valence-electron chi connectivity index (χ0n) is 13.6. The molecular formula is C16H9NO8S3. The van der Waals surface area contributed by atoms with Crippen LogP contribution in [-0.4, -0.2) is 26.4 Å². The fourth-order valence-electron chi connectivity index (χ4n) is 2.43. The van der Waals surface area contributed by atoms with Crippen LogP contribution in [-0.2, 0) is 20.2 Å². The van der Waals surface area contributed by atoms with Gasteiger partial charge in [0.15, 0.2) is 0 Å². The van der Waals surface area contributed by atoms with Gasteiger partial charge in [0.1, 0.15) is 10.5 Å². The third kappa shape index (κ3) is 3.49. The normalized spacial score (nSPS) is 12.5. The highest BCUT2D eigenvalue weighted by Gasteiger charge is 2.21. The van der Waals surface area contributed by atoms with Gasteiger partial charge in [0.05, 0.1) is 15.1 Å². The van der Waals surface area contributed by atoms with E-state index in [0.29, 0.717) is 10.1 Å². The molecule has 1 N–H and O–H groups in total. The predicted octanol–water partition coefficient (Wildman–Crippen LogP) is 2.42. The minimum atomic E-state index is -4.41. The molecule has 0 aliphatic rings. The molecule has 0 radical (unpaired) electrons. The van der Waals surface area contributed by atoms with Gasteiger partial charge < -0.3 is 8.60 Å². The molecule has 12 heteroatoms. The van der Waals surface area contributed by atoms with Crippen LogP contribution in [0.2, 0.25) is 0 Å². The van der Waals surface area contributed by atoms with Crippen molar-refractivity contribution in [3.05, 3.63) is 59.0 Å². The van der Waals surface area contributed by atoms with E-state index in [0.717, 1.165) is 17.4 Å². The number of aromatic nitrogens is 1. The number of hydrogen-bond acceptors (Lipinski definition) is 9. The standard InChI is InChI=1S/C16H9NO8S3/c18-15-6-1-9-7-11(2-4-13(9)24-15)28(22,23)25-16-17-12-8-10(27(19,20)21)3-5-14(12)26-16/h1-8H,(H,19,20,21). The summed E-state index contributed by atoms with van der Waals surface area (Å²) in [6.45, 7) is 0. The number of thiazole rings is 1. The van der Waals surface area contributed by atoms with Gasteiger partial charge in [-0.15, -0.1) is 0 Å². The second-order valence-corrected chi connectivity index (χ2v) is 9.54. The van der Waals surface area contributed by atoms with Crippen molar-refractivity contribution in [2.45, 2.75) is 9.79 Å². The number of benzene rings is 2. The summed E-state index contributed by atoms with van der Waals surface area (Å²) in [5.41, 5.74) is -0.173. The van der Waals surface area contributed by atoms with Crippen LogP contribution < -0.4 is 9.81 Å². The van der Waals surface area contributed by atoms with Crippen molar-refractivity contribution in [3.63, 3.8) is 0 Å². The van der Waals surface area contributed by atoms with E-state index in [2.05, 4.69) is 4.98 Å². The molecule has 0 unspecified atom stereocenters. The van der Waals surface area contributed by atoms with Crippen molar-refractivity contribution in [2.24, 2.45) is 0 Å². The highest BCUT2D eigenvalue weighted by atomic mass is 32.2. The first-order valence-electron chi connectivity index (χ1n) is 7.48. The summed E-state index contributed by atoms with van der Waals surface area (Å²) in [6.07, 6.45) is 0. The van der Waals surface area contributed by atoms with E-state index in [1.807, 2.05) is 0 Å². The van der Waals surface area contributed by atoms with Crippen molar-refractivity contribution < 1.29 is 30.0 Å². The van der Waals surface area contributed by atoms with Gasteiger partial charge in [-0.1, -0.05) is 11.3 Å². The van der Waals surface area contributed by atoms with E-state index in [1.165, 1.54) is 42.5 Å². The van der Waals surface area contributed by atoms with Crippen molar-refractivity contribution in [3.8, 4) is 5.19 Å². The van der Waals surface area contributed by atoms with Crippen molar-refractivity contribution in [1.82, 2.24) is 4.98 Å². The van der Waals surface area contributed by atoms with E-state index in [9.17, 15) is 21.6 Å². The second kappa shape index (κ2) is 6.38. The van der Waals surface area contributed by atoms with Gasteiger partial charge in [0.2, 0.25) is 0 Å². The summed E-state index contributed by atoms with van der Waals surface area (Å²) in [7, 11) is -8.65. The van der Waals surface area contributed by atoms with Gasteiger partial charge in [-0.3, -0.25) is 4.55 Å². The average molecular weight is 439 g/mol. The second-order valence-electron chi connectivity index (χ2n) is 5.58. The molecule has 2 heterocycles. The summed E-state index contributed by atoms with van der Waals surface area (Å²) in [6, 6.07) is 10.1. The summed E-state index contributed by atoms with van der Waals surface area (Å²) in [5, 5.41) is 0.175. The molecule has 0 fully saturated rings. The van der Waals surface area contributed by atoms with Gasteiger partial charge in [0, 0.05) is 11.5 Å². The maximum atomic E-state index is 12.5. The van der Waals surface area contributed by atoms with Gasteiger partial charge in [0.25, 0.3) is 15.3 Å². The van der Waals surface area contributed by atoms with Crippen molar-refractivity contribution in [1.29, 1.82) is 0 Å². The first-order valence-corrected chi connectivity index (χ1v) is 11.1. The Kier molecular flexibility index (Phi) is 4.23. The van der Waals surface area contributed by atoms with Gasteiger partial charge in [-0.25, -0.2) is 9.78 Å². The Morgan fingerprint density at radius 1 is 0.964 bits per heavy atom. The molecule has 0 saturated heterocycles. The van der Waals surface area contributed by atoms with Gasteiger partial charge in [-0.2, -0.15) is 16.8 Å². The van der Waals surface area contributed by atoms with Crippen LogP contribution in [0.5, 0.6) is 5.19 Å². The molecule has 28 heavy (non-hydrogen) atoms. The summed E-state index contributed by atoms with van der Waals surface area (Å²) in [5.74, 6) is 0. The fraction of sp³-hybridized carbons (Fsp3) is 0. The molecule has 0 bridgehead atoms. The first kappa shape index (κ1) is 18.6. The van der Waals surface area contributed by atoms with Crippen LogP contribution in [0.25, 0.3) is 21.2 Å². The van der Waals surface area contributed by atoms with E-state index in [4.69, 9.17) is 13.2 Å². The SMILES string of the molecule is O=c1ccc2cc(S(=O)(=O)Oc3nc4cc(S(=O)(=O)O)ccc4s3)ccc2o1. The minimum Gasteiger partial charge on any atom is -0.423 e. The highest BCUT2D eigenvalue weighted by Crippen LogP contribution is 2.31. The molecule has 0 aliphatic heterocycles. The molecule has 2 aromatic heterocycles. The summed E-state index contributed by atoms with van der Waals surface area (Å²) in [4.78, 5) is 14.6. The lowest BCUT2D eigenvalue weighted by Crippen LogP contribution is -2.09. The van der Waals surface area contributed by atoms with Gasteiger partial charge in [-0.05, 0) is 42.5 Å². The first-order chi connectivity index (χ1) is 13.1. The number of rotatable bonds is 4. The van der Waals surface area contributed by atoms with Crippen LogP contribution >= 0.6 is 11.3 Å². The summed E-state index contributed by atoms with van der Waals surface area (Å²) < 4.78 is 67.0. The van der Waals surface area contributed by atoms with Crippen LogP contribution in [0.15, 0.2) is 67.5 Å². The molecule has 4 aromatic rings. The average Bonchev–Trinajstić information content (AvgIpc) is 3.01. The predicted molar refractivity (Wildman–Crippen MR) is 99.7 cm³/mol. The zero-order valence-corrected chi connectivity index (χ0v) is 16.0. The zero-order chi connectivity index (χ0) is 20.1. The smallest absolute Gasteiger partial charge is 0.341 e. The van der Waals surface area contributed by atoms with E-state index in [1.54, 1.807) is 0 Å². The molecule has 0 atom stereocenters. The lowest BCUT2D eigenvalue weighted by Gasteiger charge is -2.04. The number of hydrogen-bond donors (Lipinski definition) is 1. The molecule has 0 aliphatic carbocycles. The molecule has 0 spiro atoms.